The van der Waals surface area contributed by atoms with E-state index in [1.54, 1.807) is 7.11 Å². The first kappa shape index (κ1) is 11.9. The van der Waals surface area contributed by atoms with Crippen molar-refractivity contribution in [3.8, 4) is 5.88 Å². The largest absolute Gasteiger partial charge is 0.480 e. The molecule has 2 rings (SSSR count). The summed E-state index contributed by atoms with van der Waals surface area (Å²) in [4.78, 5) is 4.58. The van der Waals surface area contributed by atoms with Crippen molar-refractivity contribution in [1.82, 2.24) is 10.3 Å². The lowest BCUT2D eigenvalue weighted by Crippen LogP contribution is -2.28. The van der Waals surface area contributed by atoms with Crippen molar-refractivity contribution in [1.29, 1.82) is 0 Å². The van der Waals surface area contributed by atoms with Crippen molar-refractivity contribution in [3.05, 3.63) is 21.8 Å². The highest BCUT2D eigenvalue weighted by atomic mass is 79.9. The van der Waals surface area contributed by atoms with E-state index in [1.165, 1.54) is 5.56 Å². The van der Waals surface area contributed by atoms with E-state index in [9.17, 15) is 0 Å². The van der Waals surface area contributed by atoms with Crippen molar-refractivity contribution in [2.24, 2.45) is 0 Å². The highest BCUT2D eigenvalue weighted by molar-refractivity contribution is 9.10. The molecule has 0 fully saturated rings. The van der Waals surface area contributed by atoms with Crippen LogP contribution in [0.2, 0.25) is 0 Å². The Labute approximate surface area is 105 Å². The van der Waals surface area contributed by atoms with E-state index in [-0.39, 0.29) is 0 Å². The third-order valence-electron chi connectivity index (χ3n) is 3.05. The molecule has 2 unspecified atom stereocenters. The molecule has 2 heterocycles. The predicted molar refractivity (Wildman–Crippen MR) is 68.1 cm³/mol. The minimum Gasteiger partial charge on any atom is -0.480 e. The lowest BCUT2D eigenvalue weighted by atomic mass is 9.99. The fourth-order valence-electron chi connectivity index (χ4n) is 2.11. The van der Waals surface area contributed by atoms with Gasteiger partial charge in [0.15, 0.2) is 0 Å². The molecule has 16 heavy (non-hydrogen) atoms. The first-order valence-corrected chi connectivity index (χ1v) is 6.37. The van der Waals surface area contributed by atoms with Crippen LogP contribution in [0.3, 0.4) is 0 Å². The monoisotopic (exact) mass is 284 g/mol. The molecule has 88 valence electrons. The molecule has 0 radical (unpaired) electrons. The summed E-state index contributed by atoms with van der Waals surface area (Å²) in [7, 11) is 1.65. The molecule has 0 saturated carbocycles. The van der Waals surface area contributed by atoms with Gasteiger partial charge in [0.05, 0.1) is 11.6 Å². The third-order valence-corrected chi connectivity index (χ3v) is 3.62. The van der Waals surface area contributed by atoms with Crippen LogP contribution in [0.25, 0.3) is 0 Å². The van der Waals surface area contributed by atoms with Crippen molar-refractivity contribution in [2.75, 3.05) is 13.7 Å². The van der Waals surface area contributed by atoms with Gasteiger partial charge in [0, 0.05) is 24.7 Å². The summed E-state index contributed by atoms with van der Waals surface area (Å²) in [6.07, 6.45) is 0.962. The van der Waals surface area contributed by atoms with Crippen LogP contribution in [0.15, 0.2) is 10.5 Å². The first-order valence-electron chi connectivity index (χ1n) is 5.58. The van der Waals surface area contributed by atoms with Crippen LogP contribution < -0.4 is 10.1 Å². The molecule has 1 N–H and O–H groups in total. The number of nitrogens with one attached hydrogen (secondary N) is 1. The minimum absolute atomic E-state index is 0.474. The maximum Gasteiger partial charge on any atom is 0.227 e. The molecule has 1 aliphatic rings. The van der Waals surface area contributed by atoms with Crippen molar-refractivity contribution in [3.63, 3.8) is 0 Å². The number of hydrogen-bond acceptors (Lipinski definition) is 3. The molecule has 4 heteroatoms. The Morgan fingerprint density at radius 1 is 1.50 bits per heavy atom. The van der Waals surface area contributed by atoms with Gasteiger partial charge in [0.25, 0.3) is 0 Å². The summed E-state index contributed by atoms with van der Waals surface area (Å²) in [5.41, 5.74) is 2.48. The summed E-state index contributed by atoms with van der Waals surface area (Å²) in [5.74, 6) is 1.18. The van der Waals surface area contributed by atoms with Gasteiger partial charge in [-0.1, -0.05) is 6.92 Å². The van der Waals surface area contributed by atoms with Crippen molar-refractivity contribution in [2.45, 2.75) is 32.2 Å². The van der Waals surface area contributed by atoms with E-state index in [0.29, 0.717) is 17.8 Å². The summed E-state index contributed by atoms with van der Waals surface area (Å²) in [6.45, 7) is 5.43. The van der Waals surface area contributed by atoms with Crippen LogP contribution in [-0.4, -0.2) is 24.7 Å². The summed E-state index contributed by atoms with van der Waals surface area (Å²) in [5, 5.41) is 3.50. The van der Waals surface area contributed by atoms with Gasteiger partial charge in [0.1, 0.15) is 0 Å². The average Bonchev–Trinajstić information content (AvgIpc) is 2.39. The number of hydrogen-bond donors (Lipinski definition) is 1. The molecule has 0 saturated heterocycles. The van der Waals surface area contributed by atoms with E-state index < -0.39 is 0 Å². The lowest BCUT2D eigenvalue weighted by Gasteiger charge is -2.13. The van der Waals surface area contributed by atoms with E-state index in [2.05, 4.69) is 46.1 Å². The first-order chi connectivity index (χ1) is 7.61. The molecule has 0 spiro atoms. The van der Waals surface area contributed by atoms with Gasteiger partial charge in [-0.15, -0.1) is 0 Å². The topological polar surface area (TPSA) is 34.1 Å². The quantitative estimate of drug-likeness (QED) is 0.860. The van der Waals surface area contributed by atoms with Crippen LogP contribution in [0.4, 0.5) is 0 Å². The smallest absolute Gasteiger partial charge is 0.227 e. The highest BCUT2D eigenvalue weighted by Gasteiger charge is 2.21. The van der Waals surface area contributed by atoms with Crippen LogP contribution in [-0.2, 0) is 6.42 Å². The number of pyridine rings is 1. The molecular formula is C12H17BrN2O. The highest BCUT2D eigenvalue weighted by Crippen LogP contribution is 2.30. The van der Waals surface area contributed by atoms with Crippen LogP contribution in [0.5, 0.6) is 5.88 Å². The second kappa shape index (κ2) is 4.72. The van der Waals surface area contributed by atoms with Gasteiger partial charge in [-0.2, -0.15) is 0 Å². The Morgan fingerprint density at radius 2 is 2.25 bits per heavy atom. The van der Waals surface area contributed by atoms with Crippen LogP contribution in [0, 0.1) is 0 Å². The van der Waals surface area contributed by atoms with Gasteiger partial charge < -0.3 is 10.1 Å². The minimum atomic E-state index is 0.474. The normalized spacial score (nSPS) is 24.8. The molecule has 1 aromatic rings. The number of halogens is 1. The van der Waals surface area contributed by atoms with E-state index in [1.807, 2.05) is 0 Å². The maximum absolute atomic E-state index is 5.24. The number of rotatable bonds is 1. The lowest BCUT2D eigenvalue weighted by molar-refractivity contribution is 0.392. The number of ether oxygens (including phenoxy) is 1. The molecular weight excluding hydrogens is 268 g/mol. The van der Waals surface area contributed by atoms with Crippen molar-refractivity contribution < 1.29 is 4.74 Å². The molecule has 0 bridgehead atoms. The molecule has 3 nitrogen and oxygen atoms in total. The predicted octanol–water partition coefficient (Wildman–Crippen LogP) is 2.49. The second-order valence-electron chi connectivity index (χ2n) is 4.43. The SMILES string of the molecule is COc1nc2c(cc1Br)C(C)CNC(C)C2. The van der Waals surface area contributed by atoms with Crippen molar-refractivity contribution >= 4 is 15.9 Å². The van der Waals surface area contributed by atoms with E-state index >= 15 is 0 Å². The zero-order chi connectivity index (χ0) is 11.7. The fourth-order valence-corrected chi connectivity index (χ4v) is 2.60. The number of fused-ring (bicyclic) bond motifs is 1. The summed E-state index contributed by atoms with van der Waals surface area (Å²) >= 11 is 3.50. The molecule has 0 amide bonds. The number of methoxy groups -OCH3 is 1. The molecule has 1 aromatic heterocycles. The number of aromatic nitrogens is 1. The van der Waals surface area contributed by atoms with Gasteiger partial charge in [-0.3, -0.25) is 0 Å². The van der Waals surface area contributed by atoms with E-state index in [4.69, 9.17) is 4.74 Å². The Hall–Kier alpha value is -0.610. The summed E-state index contributed by atoms with van der Waals surface area (Å²) in [6, 6.07) is 2.62. The third kappa shape index (κ3) is 2.23. The van der Waals surface area contributed by atoms with Gasteiger partial charge >= 0.3 is 0 Å². The maximum atomic E-state index is 5.24. The Morgan fingerprint density at radius 3 is 2.94 bits per heavy atom. The molecule has 2 atom stereocenters. The molecule has 0 aliphatic carbocycles. The van der Waals surface area contributed by atoms with Gasteiger partial charge in [0.2, 0.25) is 5.88 Å². The fraction of sp³-hybridized carbons (Fsp3) is 0.583. The molecule has 0 aromatic carbocycles. The van der Waals surface area contributed by atoms with Gasteiger partial charge in [-0.05, 0) is 40.4 Å². The zero-order valence-corrected chi connectivity index (χ0v) is 11.5. The summed E-state index contributed by atoms with van der Waals surface area (Å²) < 4.78 is 6.18. The Bertz CT molecular complexity index is 395. The number of nitrogens with zero attached hydrogens (tertiary/aromatic N) is 1. The van der Waals surface area contributed by atoms with Crippen LogP contribution >= 0.6 is 15.9 Å². The van der Waals surface area contributed by atoms with E-state index in [0.717, 1.165) is 23.1 Å². The Balaban J connectivity index is 2.47. The Kier molecular flexibility index (Phi) is 3.50. The van der Waals surface area contributed by atoms with Gasteiger partial charge in [-0.25, -0.2) is 4.98 Å². The average molecular weight is 285 g/mol. The molecule has 1 aliphatic heterocycles. The second-order valence-corrected chi connectivity index (χ2v) is 5.28. The standard InChI is InChI=1S/C12H17BrN2O/c1-7-6-14-8(2)4-11-9(7)5-10(13)12(15-11)16-3/h5,7-8,14H,4,6H2,1-3H3. The zero-order valence-electron chi connectivity index (χ0n) is 9.88. The van der Waals surface area contributed by atoms with Crippen LogP contribution in [0.1, 0.15) is 31.0 Å².